The first kappa shape index (κ1) is 10.5. The van der Waals surface area contributed by atoms with E-state index in [0.717, 1.165) is 0 Å². The van der Waals surface area contributed by atoms with Gasteiger partial charge in [-0.05, 0) is 24.4 Å². The summed E-state index contributed by atoms with van der Waals surface area (Å²) in [5, 5.41) is 1.28. The Labute approximate surface area is 81.7 Å². The zero-order valence-electron chi connectivity index (χ0n) is 7.46. The molecule has 0 unspecified atom stereocenters. The Morgan fingerprint density at radius 2 is 1.92 bits per heavy atom. The normalized spacial score (nSPS) is 19.8. The van der Waals surface area contributed by atoms with E-state index in [0.29, 0.717) is 25.9 Å². The quantitative estimate of drug-likeness (QED) is 0.630. The number of hydroxylamine groups is 2. The van der Waals surface area contributed by atoms with E-state index in [9.17, 15) is 9.59 Å². The van der Waals surface area contributed by atoms with Crippen molar-refractivity contribution in [1.29, 1.82) is 0 Å². The Hall–Kier alpha value is -0.610. The molecule has 0 aromatic heterocycles. The van der Waals surface area contributed by atoms with Gasteiger partial charge in [0.1, 0.15) is 0 Å². The summed E-state index contributed by atoms with van der Waals surface area (Å²) in [5.41, 5.74) is 0. The maximum absolute atomic E-state index is 10.8. The van der Waals surface area contributed by atoms with Crippen LogP contribution in [0.4, 0.5) is 0 Å². The van der Waals surface area contributed by atoms with Gasteiger partial charge < -0.3 is 4.84 Å². The number of rotatable bonds is 2. The van der Waals surface area contributed by atoms with Crippen LogP contribution >= 0.6 is 11.6 Å². The molecule has 0 N–H and O–H groups in total. The third-order valence-electron chi connectivity index (χ3n) is 2.03. The number of hydrogen-bond donors (Lipinski definition) is 0. The Balaban J connectivity index is 2.30. The first-order chi connectivity index (χ1) is 6.09. The minimum absolute atomic E-state index is 0.0755. The van der Waals surface area contributed by atoms with Crippen molar-refractivity contribution in [3.63, 3.8) is 0 Å². The van der Waals surface area contributed by atoms with Crippen LogP contribution < -0.4 is 0 Å². The first-order valence-corrected chi connectivity index (χ1v) is 4.60. The summed E-state index contributed by atoms with van der Waals surface area (Å²) in [7, 11) is 0. The molecule has 1 saturated heterocycles. The number of carbonyl (C=O) groups is 2. The lowest BCUT2D eigenvalue weighted by atomic mass is 10.00. The van der Waals surface area contributed by atoms with Gasteiger partial charge in [0.05, 0.1) is 0 Å². The number of hydrogen-bond acceptors (Lipinski definition) is 4. The molecule has 0 aliphatic carbocycles. The van der Waals surface area contributed by atoms with Gasteiger partial charge in [0, 0.05) is 25.9 Å². The highest BCUT2D eigenvalue weighted by atomic mass is 35.5. The lowest BCUT2D eigenvalue weighted by Crippen LogP contribution is -2.36. The zero-order chi connectivity index (χ0) is 9.84. The van der Waals surface area contributed by atoms with Gasteiger partial charge in [0.15, 0.2) is 0 Å². The fourth-order valence-corrected chi connectivity index (χ4v) is 1.57. The summed E-state index contributed by atoms with van der Waals surface area (Å²) in [5.74, 6) is -0.399. The van der Waals surface area contributed by atoms with Gasteiger partial charge in [0.25, 0.3) is 0 Å². The van der Waals surface area contributed by atoms with E-state index in [4.69, 9.17) is 16.4 Å². The average molecular weight is 206 g/mol. The van der Waals surface area contributed by atoms with Crippen LogP contribution in [0.3, 0.4) is 0 Å². The van der Waals surface area contributed by atoms with Gasteiger partial charge in [-0.2, -0.15) is 0 Å². The van der Waals surface area contributed by atoms with Gasteiger partial charge in [-0.25, -0.2) is 0 Å². The largest absolute Gasteiger partial charge is 0.368 e. The molecule has 0 aromatic rings. The van der Waals surface area contributed by atoms with Gasteiger partial charge in [-0.1, -0.05) is 0 Å². The third-order valence-corrected chi connectivity index (χ3v) is 2.34. The lowest BCUT2D eigenvalue weighted by molar-refractivity contribution is -0.193. The summed E-state index contributed by atoms with van der Waals surface area (Å²) in [6.45, 7) is 2.53. The molecule has 0 radical (unpaired) electrons. The minimum atomic E-state index is -0.323. The summed E-state index contributed by atoms with van der Waals surface area (Å²) in [6.07, 6.45) is 1.32. The first-order valence-electron chi connectivity index (χ1n) is 4.22. The topological polar surface area (TPSA) is 46.6 Å². The average Bonchev–Trinajstić information content (AvgIpc) is 2.04. The predicted molar refractivity (Wildman–Crippen MR) is 46.9 cm³/mol. The Morgan fingerprint density at radius 1 is 1.38 bits per heavy atom. The molecule has 1 heterocycles. The van der Waals surface area contributed by atoms with Gasteiger partial charge >= 0.3 is 5.97 Å². The molecule has 1 aliphatic rings. The molecule has 0 saturated carbocycles. The van der Waals surface area contributed by atoms with Crippen molar-refractivity contribution in [2.75, 3.05) is 13.1 Å². The number of halogens is 1. The number of piperidine rings is 1. The van der Waals surface area contributed by atoms with E-state index >= 15 is 0 Å². The molecular weight excluding hydrogens is 194 g/mol. The monoisotopic (exact) mass is 205 g/mol. The predicted octanol–water partition coefficient (Wildman–Crippen LogP) is 0.942. The second-order valence-corrected chi connectivity index (χ2v) is 3.46. The van der Waals surface area contributed by atoms with Crippen LogP contribution in [0.25, 0.3) is 0 Å². The molecule has 1 fully saturated rings. The van der Waals surface area contributed by atoms with Crippen LogP contribution in [-0.2, 0) is 14.4 Å². The second-order valence-electron chi connectivity index (χ2n) is 3.09. The van der Waals surface area contributed by atoms with Crippen LogP contribution in [0, 0.1) is 5.92 Å². The SMILES string of the molecule is CC(=O)ON1CCC(C(=O)Cl)CC1. The lowest BCUT2D eigenvalue weighted by Gasteiger charge is -2.28. The Kier molecular flexibility index (Phi) is 3.69. The molecule has 5 heteroatoms. The van der Waals surface area contributed by atoms with E-state index in [2.05, 4.69) is 0 Å². The molecule has 0 bridgehead atoms. The fourth-order valence-electron chi connectivity index (χ4n) is 1.36. The van der Waals surface area contributed by atoms with Crippen LogP contribution in [-0.4, -0.2) is 29.4 Å². The molecular formula is C8H12ClNO3. The van der Waals surface area contributed by atoms with Gasteiger partial charge in [-0.3, -0.25) is 9.59 Å². The van der Waals surface area contributed by atoms with Gasteiger partial charge in [0.2, 0.25) is 5.24 Å². The molecule has 0 amide bonds. The highest BCUT2D eigenvalue weighted by molar-refractivity contribution is 6.63. The zero-order valence-corrected chi connectivity index (χ0v) is 8.21. The molecule has 1 aliphatic heterocycles. The van der Waals surface area contributed by atoms with Crippen LogP contribution in [0.15, 0.2) is 0 Å². The van der Waals surface area contributed by atoms with Gasteiger partial charge in [-0.15, -0.1) is 5.06 Å². The summed E-state index contributed by atoms with van der Waals surface area (Å²) in [6, 6.07) is 0. The molecule has 74 valence electrons. The summed E-state index contributed by atoms with van der Waals surface area (Å²) < 4.78 is 0. The molecule has 1 rings (SSSR count). The van der Waals surface area contributed by atoms with Crippen LogP contribution in [0.1, 0.15) is 19.8 Å². The van der Waals surface area contributed by atoms with E-state index in [1.807, 2.05) is 0 Å². The third kappa shape index (κ3) is 3.32. The van der Waals surface area contributed by atoms with Crippen molar-refractivity contribution in [1.82, 2.24) is 5.06 Å². The molecule has 4 nitrogen and oxygen atoms in total. The van der Waals surface area contributed by atoms with Crippen molar-refractivity contribution >= 4 is 22.8 Å². The van der Waals surface area contributed by atoms with E-state index in [1.165, 1.54) is 6.92 Å². The van der Waals surface area contributed by atoms with Crippen LogP contribution in [0.5, 0.6) is 0 Å². The van der Waals surface area contributed by atoms with E-state index < -0.39 is 0 Å². The summed E-state index contributed by atoms with van der Waals surface area (Å²) >= 11 is 5.34. The maximum Gasteiger partial charge on any atom is 0.322 e. The standard InChI is InChI=1S/C8H12ClNO3/c1-6(11)13-10-4-2-7(3-5-10)8(9)12/h7H,2-5H2,1H3. The van der Waals surface area contributed by atoms with Crippen molar-refractivity contribution in [2.45, 2.75) is 19.8 Å². The number of carbonyl (C=O) groups excluding carboxylic acids is 2. The van der Waals surface area contributed by atoms with E-state index in [-0.39, 0.29) is 17.1 Å². The Morgan fingerprint density at radius 3 is 2.31 bits per heavy atom. The molecule has 0 spiro atoms. The Bertz CT molecular complexity index is 211. The van der Waals surface area contributed by atoms with Crippen molar-refractivity contribution < 1.29 is 14.4 Å². The van der Waals surface area contributed by atoms with Crippen molar-refractivity contribution in [2.24, 2.45) is 5.92 Å². The summed E-state index contributed by atoms with van der Waals surface area (Å²) in [4.78, 5) is 26.2. The second kappa shape index (κ2) is 4.58. The smallest absolute Gasteiger partial charge is 0.322 e. The maximum atomic E-state index is 10.8. The van der Waals surface area contributed by atoms with E-state index in [1.54, 1.807) is 5.06 Å². The number of nitrogens with zero attached hydrogens (tertiary/aromatic N) is 1. The molecule has 0 aromatic carbocycles. The van der Waals surface area contributed by atoms with Crippen molar-refractivity contribution in [3.05, 3.63) is 0 Å². The van der Waals surface area contributed by atoms with Crippen LogP contribution in [0.2, 0.25) is 0 Å². The highest BCUT2D eigenvalue weighted by Crippen LogP contribution is 2.19. The minimum Gasteiger partial charge on any atom is -0.368 e. The fraction of sp³-hybridized carbons (Fsp3) is 0.750. The highest BCUT2D eigenvalue weighted by Gasteiger charge is 2.24. The molecule has 0 atom stereocenters. The van der Waals surface area contributed by atoms with Crippen molar-refractivity contribution in [3.8, 4) is 0 Å². The molecule has 13 heavy (non-hydrogen) atoms.